The van der Waals surface area contributed by atoms with E-state index < -0.39 is 12.0 Å². The van der Waals surface area contributed by atoms with Gasteiger partial charge in [-0.2, -0.15) is 13.2 Å². The minimum atomic E-state index is -4.56. The number of aromatic nitrogens is 4. The van der Waals surface area contributed by atoms with E-state index in [-0.39, 0.29) is 17.5 Å². The molecular formula is C15H18F3N5. The fourth-order valence-electron chi connectivity index (χ4n) is 3.20. The molecule has 2 aliphatic carbocycles. The molecule has 2 fully saturated rings. The van der Waals surface area contributed by atoms with Gasteiger partial charge in [0.1, 0.15) is 5.52 Å². The summed E-state index contributed by atoms with van der Waals surface area (Å²) in [5.41, 5.74) is 0.713. The van der Waals surface area contributed by atoms with E-state index in [2.05, 4.69) is 20.3 Å². The Hall–Kier alpha value is -1.86. The second-order valence-corrected chi connectivity index (χ2v) is 6.53. The van der Waals surface area contributed by atoms with Gasteiger partial charge in [-0.15, -0.1) is 0 Å². The number of halogens is 3. The van der Waals surface area contributed by atoms with Crippen LogP contribution in [0, 0.1) is 5.92 Å². The Balaban J connectivity index is 1.75. The number of nitrogens with zero attached hydrogens (tertiary/aromatic N) is 4. The molecule has 1 N–H and O–H groups in total. The van der Waals surface area contributed by atoms with E-state index >= 15 is 0 Å². The van der Waals surface area contributed by atoms with Crippen LogP contribution in [0.3, 0.4) is 0 Å². The average molecular weight is 325 g/mol. The molecule has 2 aliphatic rings. The number of hydrogen-bond acceptors (Lipinski definition) is 4. The van der Waals surface area contributed by atoms with Gasteiger partial charge >= 0.3 is 6.18 Å². The van der Waals surface area contributed by atoms with Crippen molar-refractivity contribution < 1.29 is 13.2 Å². The molecule has 4 rings (SSSR count). The number of alkyl halides is 3. The molecular weight excluding hydrogens is 307 g/mol. The molecule has 0 bridgehead atoms. The summed E-state index contributed by atoms with van der Waals surface area (Å²) in [7, 11) is 0. The lowest BCUT2D eigenvalue weighted by Crippen LogP contribution is -2.15. The van der Waals surface area contributed by atoms with Crippen molar-refractivity contribution in [2.24, 2.45) is 5.92 Å². The van der Waals surface area contributed by atoms with Gasteiger partial charge in [-0.1, -0.05) is 12.8 Å². The lowest BCUT2D eigenvalue weighted by atomic mass is 10.1. The zero-order chi connectivity index (χ0) is 16.0. The van der Waals surface area contributed by atoms with Crippen molar-refractivity contribution in [3.05, 3.63) is 12.2 Å². The maximum atomic E-state index is 13.1. The fourth-order valence-corrected chi connectivity index (χ4v) is 3.20. The Morgan fingerprint density at radius 2 is 1.87 bits per heavy atom. The number of imidazole rings is 1. The van der Waals surface area contributed by atoms with Crippen molar-refractivity contribution in [1.29, 1.82) is 0 Å². The number of nitrogens with one attached hydrogen (secondary N) is 1. The summed E-state index contributed by atoms with van der Waals surface area (Å²) in [4.78, 5) is 11.7. The van der Waals surface area contributed by atoms with Gasteiger partial charge in [0.05, 0.1) is 6.33 Å². The highest BCUT2D eigenvalue weighted by Crippen LogP contribution is 2.33. The van der Waals surface area contributed by atoms with Gasteiger partial charge in [0, 0.05) is 12.6 Å². The molecule has 0 saturated heterocycles. The molecule has 8 heteroatoms. The highest BCUT2D eigenvalue weighted by atomic mass is 19.4. The molecule has 0 aliphatic heterocycles. The summed E-state index contributed by atoms with van der Waals surface area (Å²) in [6.07, 6.45) is 3.55. The molecule has 0 aromatic carbocycles. The van der Waals surface area contributed by atoms with Gasteiger partial charge in [-0.3, -0.25) is 0 Å². The highest BCUT2D eigenvalue weighted by molar-refractivity contribution is 5.83. The summed E-state index contributed by atoms with van der Waals surface area (Å²) in [5, 5.41) is 3.05. The second-order valence-electron chi connectivity index (χ2n) is 6.53. The number of rotatable bonds is 4. The van der Waals surface area contributed by atoms with E-state index in [1.54, 1.807) is 10.9 Å². The maximum absolute atomic E-state index is 13.1. The average Bonchev–Trinajstić information content (AvgIpc) is 2.99. The standard InChI is InChI=1S/C15H18F3N5/c16-15(17,18)14-21-12(20-10-5-6-10)11-13(22-14)23(8-19-11)7-9-3-1-2-4-9/h8-10H,1-7H2,(H,20,21,22). The lowest BCUT2D eigenvalue weighted by Gasteiger charge is -2.12. The number of anilines is 1. The summed E-state index contributed by atoms with van der Waals surface area (Å²) in [6, 6.07) is 0.203. The van der Waals surface area contributed by atoms with E-state index in [0.29, 0.717) is 18.0 Å². The minimum absolute atomic E-state index is 0.203. The summed E-state index contributed by atoms with van der Waals surface area (Å²) in [5.74, 6) is -0.395. The molecule has 2 aromatic heterocycles. The van der Waals surface area contributed by atoms with Crippen molar-refractivity contribution in [2.45, 2.75) is 57.3 Å². The molecule has 124 valence electrons. The Labute approximate surface area is 131 Å². The van der Waals surface area contributed by atoms with Crippen LogP contribution >= 0.6 is 0 Å². The molecule has 0 radical (unpaired) electrons. The molecule has 0 atom stereocenters. The van der Waals surface area contributed by atoms with Gasteiger partial charge < -0.3 is 9.88 Å². The van der Waals surface area contributed by atoms with Gasteiger partial charge in [0.2, 0.25) is 5.82 Å². The second kappa shape index (κ2) is 5.35. The van der Waals surface area contributed by atoms with E-state index in [1.165, 1.54) is 12.8 Å². The van der Waals surface area contributed by atoms with Crippen LogP contribution in [-0.2, 0) is 12.7 Å². The zero-order valence-corrected chi connectivity index (χ0v) is 12.6. The Kier molecular flexibility index (Phi) is 3.42. The van der Waals surface area contributed by atoms with E-state index in [4.69, 9.17) is 0 Å². The van der Waals surface area contributed by atoms with Gasteiger partial charge in [-0.05, 0) is 31.6 Å². The van der Waals surface area contributed by atoms with Crippen LogP contribution in [0.1, 0.15) is 44.3 Å². The quantitative estimate of drug-likeness (QED) is 0.933. The van der Waals surface area contributed by atoms with Crippen molar-refractivity contribution in [2.75, 3.05) is 5.32 Å². The minimum Gasteiger partial charge on any atom is -0.365 e. The molecule has 2 heterocycles. The number of fused-ring (bicyclic) bond motifs is 1. The monoisotopic (exact) mass is 325 g/mol. The van der Waals surface area contributed by atoms with E-state index in [0.717, 1.165) is 25.7 Å². The van der Waals surface area contributed by atoms with Crippen molar-refractivity contribution in [3.8, 4) is 0 Å². The van der Waals surface area contributed by atoms with Crippen LogP contribution in [0.2, 0.25) is 0 Å². The summed E-state index contributed by atoms with van der Waals surface area (Å²) >= 11 is 0. The SMILES string of the molecule is FC(F)(F)c1nc(NC2CC2)c2ncn(CC3CCCC3)c2n1. The van der Waals surface area contributed by atoms with Gasteiger partial charge in [0.25, 0.3) is 0 Å². The molecule has 0 spiro atoms. The van der Waals surface area contributed by atoms with Gasteiger partial charge in [0.15, 0.2) is 11.5 Å². The normalized spacial score (nSPS) is 19.6. The van der Waals surface area contributed by atoms with E-state index in [9.17, 15) is 13.2 Å². The first kappa shape index (κ1) is 14.7. The lowest BCUT2D eigenvalue weighted by molar-refractivity contribution is -0.144. The summed E-state index contributed by atoms with van der Waals surface area (Å²) < 4.78 is 41.1. The zero-order valence-electron chi connectivity index (χ0n) is 12.6. The third-order valence-corrected chi connectivity index (χ3v) is 4.57. The maximum Gasteiger partial charge on any atom is 0.451 e. The first-order chi connectivity index (χ1) is 11.0. The van der Waals surface area contributed by atoms with Crippen LogP contribution in [-0.4, -0.2) is 25.6 Å². The Morgan fingerprint density at radius 3 is 2.52 bits per heavy atom. The molecule has 0 amide bonds. The van der Waals surface area contributed by atoms with Crippen LogP contribution < -0.4 is 5.32 Å². The Morgan fingerprint density at radius 1 is 1.13 bits per heavy atom. The van der Waals surface area contributed by atoms with Crippen LogP contribution in [0.25, 0.3) is 11.2 Å². The first-order valence-corrected chi connectivity index (χ1v) is 8.07. The van der Waals surface area contributed by atoms with Crippen molar-refractivity contribution in [1.82, 2.24) is 19.5 Å². The topological polar surface area (TPSA) is 55.6 Å². The smallest absolute Gasteiger partial charge is 0.365 e. The fraction of sp³-hybridized carbons (Fsp3) is 0.667. The highest BCUT2D eigenvalue weighted by Gasteiger charge is 2.37. The largest absolute Gasteiger partial charge is 0.451 e. The van der Waals surface area contributed by atoms with E-state index in [1.807, 2.05) is 0 Å². The van der Waals surface area contributed by atoms with Crippen molar-refractivity contribution in [3.63, 3.8) is 0 Å². The molecule has 2 aromatic rings. The number of hydrogen-bond donors (Lipinski definition) is 1. The summed E-state index contributed by atoms with van der Waals surface area (Å²) in [6.45, 7) is 0.674. The Bertz CT molecular complexity index is 714. The predicted octanol–water partition coefficient (Wildman–Crippen LogP) is 3.61. The van der Waals surface area contributed by atoms with Crippen LogP contribution in [0.4, 0.5) is 19.0 Å². The first-order valence-electron chi connectivity index (χ1n) is 8.07. The molecule has 2 saturated carbocycles. The van der Waals surface area contributed by atoms with Gasteiger partial charge in [-0.25, -0.2) is 15.0 Å². The molecule has 5 nitrogen and oxygen atoms in total. The third-order valence-electron chi connectivity index (χ3n) is 4.57. The predicted molar refractivity (Wildman–Crippen MR) is 78.9 cm³/mol. The van der Waals surface area contributed by atoms with Crippen LogP contribution in [0.15, 0.2) is 6.33 Å². The molecule has 23 heavy (non-hydrogen) atoms. The van der Waals surface area contributed by atoms with Crippen LogP contribution in [0.5, 0.6) is 0 Å². The third kappa shape index (κ3) is 2.98. The van der Waals surface area contributed by atoms with Crippen molar-refractivity contribution >= 4 is 17.0 Å². The molecule has 0 unspecified atom stereocenters.